The third-order valence-corrected chi connectivity index (χ3v) is 6.99. The summed E-state index contributed by atoms with van der Waals surface area (Å²) in [7, 11) is 0. The average Bonchev–Trinajstić information content (AvgIpc) is 3.49. The van der Waals surface area contributed by atoms with Crippen LogP contribution in [0.3, 0.4) is 0 Å². The van der Waals surface area contributed by atoms with Crippen molar-refractivity contribution in [3.63, 3.8) is 0 Å². The first-order chi connectivity index (χ1) is 17.9. The molecule has 2 amide bonds. The molecule has 0 bridgehead atoms. The van der Waals surface area contributed by atoms with Crippen LogP contribution in [-0.4, -0.2) is 93.5 Å². The number of rotatable bonds is 8. The maximum absolute atomic E-state index is 15.1. The van der Waals surface area contributed by atoms with E-state index < -0.39 is 12.2 Å². The number of hydrogen-bond acceptors (Lipinski definition) is 8. The fourth-order valence-electron chi connectivity index (χ4n) is 4.96. The number of ether oxygens (including phenoxy) is 2. The topological polar surface area (TPSA) is 90.7 Å². The summed E-state index contributed by atoms with van der Waals surface area (Å²) >= 11 is 0. The van der Waals surface area contributed by atoms with Crippen LogP contribution < -0.4 is 15.1 Å². The number of hydrogen-bond donors (Lipinski definition) is 1. The highest BCUT2D eigenvalue weighted by atomic mass is 19.1. The number of nitrogens with one attached hydrogen (secondary N) is 1. The van der Waals surface area contributed by atoms with E-state index in [1.54, 1.807) is 12.1 Å². The third kappa shape index (κ3) is 6.41. The second-order valence-corrected chi connectivity index (χ2v) is 9.71. The van der Waals surface area contributed by atoms with Crippen molar-refractivity contribution in [1.82, 2.24) is 15.1 Å². The summed E-state index contributed by atoms with van der Waals surface area (Å²) in [6.45, 7) is 9.81. The molecule has 1 aromatic carbocycles. The number of furan rings is 1. The monoisotopic (exact) mass is 515 g/mol. The van der Waals surface area contributed by atoms with Crippen LogP contribution in [0, 0.1) is 5.82 Å². The number of piperazine rings is 1. The van der Waals surface area contributed by atoms with E-state index in [2.05, 4.69) is 21.2 Å². The number of carbonyl (C=O) groups is 2. The van der Waals surface area contributed by atoms with E-state index in [0.29, 0.717) is 24.5 Å². The van der Waals surface area contributed by atoms with Gasteiger partial charge in [0.2, 0.25) is 5.91 Å². The maximum atomic E-state index is 15.1. The van der Waals surface area contributed by atoms with Gasteiger partial charge in [-0.15, -0.1) is 0 Å². The predicted octanol–water partition coefficient (Wildman–Crippen LogP) is 2.03. The molecule has 11 heteroatoms. The summed E-state index contributed by atoms with van der Waals surface area (Å²) in [6, 6.07) is 8.94. The molecule has 4 heterocycles. The molecular weight excluding hydrogens is 481 g/mol. The first-order valence-electron chi connectivity index (χ1n) is 12.8. The highest BCUT2D eigenvalue weighted by Crippen LogP contribution is 2.29. The van der Waals surface area contributed by atoms with Gasteiger partial charge in [-0.25, -0.2) is 9.18 Å². The maximum Gasteiger partial charge on any atom is 0.414 e. The van der Waals surface area contributed by atoms with Crippen molar-refractivity contribution in [3.8, 4) is 0 Å². The number of anilines is 2. The van der Waals surface area contributed by atoms with Gasteiger partial charge in [0.15, 0.2) is 0 Å². The van der Waals surface area contributed by atoms with Gasteiger partial charge in [-0.1, -0.05) is 0 Å². The number of morpholine rings is 1. The molecule has 2 aromatic rings. The predicted molar refractivity (Wildman–Crippen MR) is 135 cm³/mol. The second-order valence-electron chi connectivity index (χ2n) is 9.71. The Hall–Kier alpha value is -3.15. The molecule has 0 aliphatic carbocycles. The van der Waals surface area contributed by atoms with Crippen molar-refractivity contribution in [1.29, 1.82) is 0 Å². The van der Waals surface area contributed by atoms with Gasteiger partial charge in [-0.3, -0.25) is 19.5 Å². The Bertz CT molecular complexity index is 1100. The van der Waals surface area contributed by atoms with E-state index in [1.165, 1.54) is 17.9 Å². The second kappa shape index (κ2) is 11.5. The first-order valence-corrected chi connectivity index (χ1v) is 12.8. The molecule has 3 aliphatic heterocycles. The highest BCUT2D eigenvalue weighted by molar-refractivity contribution is 5.90. The van der Waals surface area contributed by atoms with Gasteiger partial charge < -0.3 is 24.1 Å². The van der Waals surface area contributed by atoms with Crippen molar-refractivity contribution in [3.05, 3.63) is 47.7 Å². The molecule has 3 aliphatic rings. The van der Waals surface area contributed by atoms with E-state index in [9.17, 15) is 9.59 Å². The fraction of sp³-hybridized carbons (Fsp3) is 0.538. The lowest BCUT2D eigenvalue weighted by atomic mass is 10.2. The summed E-state index contributed by atoms with van der Waals surface area (Å²) in [4.78, 5) is 31.4. The lowest BCUT2D eigenvalue weighted by Gasteiger charge is -2.36. The average molecular weight is 516 g/mol. The van der Waals surface area contributed by atoms with E-state index in [4.69, 9.17) is 13.9 Å². The lowest BCUT2D eigenvalue weighted by molar-refractivity contribution is -0.119. The molecule has 1 aromatic heterocycles. The smallest absolute Gasteiger partial charge is 0.414 e. The Morgan fingerprint density at radius 2 is 1.68 bits per heavy atom. The van der Waals surface area contributed by atoms with Gasteiger partial charge in [0, 0.05) is 46.2 Å². The van der Waals surface area contributed by atoms with Crippen LogP contribution in [0.25, 0.3) is 0 Å². The van der Waals surface area contributed by atoms with Crippen molar-refractivity contribution in [2.45, 2.75) is 26.1 Å². The number of amides is 2. The van der Waals surface area contributed by atoms with Crippen LogP contribution in [0.15, 0.2) is 34.7 Å². The molecule has 0 saturated carbocycles. The normalized spacial score (nSPS) is 21.4. The number of halogens is 1. The van der Waals surface area contributed by atoms with Crippen LogP contribution >= 0.6 is 0 Å². The molecule has 3 fully saturated rings. The standard InChI is InChI=1S/C26H34FN5O5/c1-19(33)28-15-23-18-32(26(34)37-23)20-2-5-25(24(27)14-20)31-8-6-29(7-9-31)16-21-3-4-22(36-21)17-30-10-12-35-13-11-30/h2-5,14,23H,6-13,15-18H2,1H3,(H,28,33)/t23-/m0/s1. The van der Waals surface area contributed by atoms with Gasteiger partial charge in [-0.2, -0.15) is 0 Å². The van der Waals surface area contributed by atoms with Gasteiger partial charge in [0.05, 0.1) is 50.8 Å². The SMILES string of the molecule is CC(=O)NC[C@H]1CN(c2ccc(N3CCN(Cc4ccc(CN5CCOCC5)o4)CC3)c(F)c2)C(=O)O1. The largest absolute Gasteiger partial charge is 0.463 e. The van der Waals surface area contributed by atoms with Gasteiger partial charge >= 0.3 is 6.09 Å². The summed E-state index contributed by atoms with van der Waals surface area (Å²) in [5.74, 6) is 1.35. The minimum Gasteiger partial charge on any atom is -0.463 e. The summed E-state index contributed by atoms with van der Waals surface area (Å²) in [5.41, 5.74) is 0.970. The van der Waals surface area contributed by atoms with Gasteiger partial charge in [0.1, 0.15) is 23.4 Å². The van der Waals surface area contributed by atoms with Crippen molar-refractivity contribution in [2.24, 2.45) is 0 Å². The Morgan fingerprint density at radius 3 is 2.32 bits per heavy atom. The Labute approximate surface area is 215 Å². The summed E-state index contributed by atoms with van der Waals surface area (Å²) < 4.78 is 31.8. The van der Waals surface area contributed by atoms with Crippen LogP contribution in [0.5, 0.6) is 0 Å². The number of carbonyl (C=O) groups excluding carboxylic acids is 2. The molecular formula is C26H34FN5O5. The molecule has 37 heavy (non-hydrogen) atoms. The molecule has 10 nitrogen and oxygen atoms in total. The van der Waals surface area contributed by atoms with E-state index >= 15 is 4.39 Å². The van der Waals surface area contributed by atoms with Crippen LogP contribution in [0.1, 0.15) is 18.4 Å². The Morgan fingerprint density at radius 1 is 1.00 bits per heavy atom. The molecule has 5 rings (SSSR count). The molecule has 200 valence electrons. The van der Waals surface area contributed by atoms with Gasteiger partial charge in [0.25, 0.3) is 0 Å². The molecule has 1 N–H and O–H groups in total. The fourth-order valence-corrected chi connectivity index (χ4v) is 4.96. The molecule has 0 unspecified atom stereocenters. The van der Waals surface area contributed by atoms with Crippen molar-refractivity contribution in [2.75, 3.05) is 75.4 Å². The van der Waals surface area contributed by atoms with Crippen molar-refractivity contribution < 1.29 is 27.9 Å². The minimum absolute atomic E-state index is 0.192. The molecule has 3 saturated heterocycles. The summed E-state index contributed by atoms with van der Waals surface area (Å²) in [5, 5.41) is 2.64. The lowest BCUT2D eigenvalue weighted by Crippen LogP contribution is -2.46. The van der Waals surface area contributed by atoms with E-state index in [0.717, 1.165) is 64.0 Å². The van der Waals surface area contributed by atoms with Crippen LogP contribution in [-0.2, 0) is 27.4 Å². The number of cyclic esters (lactones) is 1. The first kappa shape index (κ1) is 25.5. The number of nitrogens with zero attached hydrogens (tertiary/aromatic N) is 4. The highest BCUT2D eigenvalue weighted by Gasteiger charge is 2.33. The van der Waals surface area contributed by atoms with E-state index in [1.807, 2.05) is 11.0 Å². The molecule has 1 atom stereocenters. The van der Waals surface area contributed by atoms with E-state index in [-0.39, 0.29) is 24.8 Å². The zero-order valence-electron chi connectivity index (χ0n) is 21.2. The number of benzene rings is 1. The van der Waals surface area contributed by atoms with Gasteiger partial charge in [-0.05, 0) is 30.3 Å². The Balaban J connectivity index is 1.11. The molecule has 0 radical (unpaired) electrons. The summed E-state index contributed by atoms with van der Waals surface area (Å²) in [6.07, 6.45) is -1.00. The van der Waals surface area contributed by atoms with Crippen LogP contribution in [0.4, 0.5) is 20.6 Å². The zero-order valence-corrected chi connectivity index (χ0v) is 21.2. The zero-order chi connectivity index (χ0) is 25.8. The third-order valence-electron chi connectivity index (χ3n) is 6.99. The minimum atomic E-state index is -0.540. The van der Waals surface area contributed by atoms with Crippen LogP contribution in [0.2, 0.25) is 0 Å². The quantitative estimate of drug-likeness (QED) is 0.571. The van der Waals surface area contributed by atoms with Crippen molar-refractivity contribution >= 4 is 23.4 Å². The Kier molecular flexibility index (Phi) is 7.92. The molecule has 0 spiro atoms.